The molecular weight excluding hydrogens is 206 g/mol. The van der Waals surface area contributed by atoms with Crippen LogP contribution >= 0.6 is 0 Å². The highest BCUT2D eigenvalue weighted by Crippen LogP contribution is 2.18. The van der Waals surface area contributed by atoms with Crippen LogP contribution in [0.25, 0.3) is 0 Å². The van der Waals surface area contributed by atoms with Gasteiger partial charge in [0, 0.05) is 18.4 Å². The number of hydrogen-bond acceptors (Lipinski definition) is 3. The number of alkyl carbamates (subject to hydrolysis) is 1. The van der Waals surface area contributed by atoms with Gasteiger partial charge in [0.15, 0.2) is 0 Å². The zero-order valence-corrected chi connectivity index (χ0v) is 10.3. The molecule has 0 aromatic carbocycles. The van der Waals surface area contributed by atoms with Gasteiger partial charge < -0.3 is 10.1 Å². The summed E-state index contributed by atoms with van der Waals surface area (Å²) in [7, 11) is 0. The van der Waals surface area contributed by atoms with Crippen molar-refractivity contribution in [1.29, 1.82) is 0 Å². The second-order valence-corrected chi connectivity index (χ2v) is 5.37. The third-order valence-electron chi connectivity index (χ3n) is 2.48. The molecule has 1 aliphatic rings. The van der Waals surface area contributed by atoms with Crippen LogP contribution in [-0.4, -0.2) is 23.5 Å². The summed E-state index contributed by atoms with van der Waals surface area (Å²) >= 11 is 0. The minimum absolute atomic E-state index is 0.103. The molecule has 0 bridgehead atoms. The van der Waals surface area contributed by atoms with Crippen molar-refractivity contribution in [2.24, 2.45) is 0 Å². The van der Waals surface area contributed by atoms with E-state index in [0.717, 1.165) is 12.8 Å². The summed E-state index contributed by atoms with van der Waals surface area (Å²) in [6.45, 7) is 5.72. The number of nitrogens with one attached hydrogen (secondary N) is 1. The fourth-order valence-electron chi connectivity index (χ4n) is 1.72. The Morgan fingerprint density at radius 3 is 2.62 bits per heavy atom. The molecule has 0 aromatic rings. The lowest BCUT2D eigenvalue weighted by Crippen LogP contribution is -2.42. The molecule has 0 spiro atoms. The molecule has 0 radical (unpaired) electrons. The largest absolute Gasteiger partial charge is 0.446 e. The van der Waals surface area contributed by atoms with Gasteiger partial charge >= 0.3 is 6.09 Å². The summed E-state index contributed by atoms with van der Waals surface area (Å²) in [4.78, 5) is 22.7. The van der Waals surface area contributed by atoms with E-state index < -0.39 is 0 Å². The Balaban J connectivity index is 2.36. The van der Waals surface area contributed by atoms with Gasteiger partial charge in [-0.1, -0.05) is 0 Å². The van der Waals surface area contributed by atoms with E-state index in [2.05, 4.69) is 5.32 Å². The summed E-state index contributed by atoms with van der Waals surface area (Å²) in [5.41, 5.74) is -0.280. The summed E-state index contributed by atoms with van der Waals surface area (Å²) in [5.74, 6) is 0.280. The van der Waals surface area contributed by atoms with Crippen LogP contribution in [0.4, 0.5) is 4.79 Å². The first-order valence-electron chi connectivity index (χ1n) is 5.87. The lowest BCUT2D eigenvalue weighted by atomic mass is 10.1. The van der Waals surface area contributed by atoms with Gasteiger partial charge in [-0.15, -0.1) is 0 Å². The Morgan fingerprint density at radius 1 is 1.31 bits per heavy atom. The van der Waals surface area contributed by atoms with E-state index in [1.165, 1.54) is 0 Å². The molecule has 1 amide bonds. The highest BCUT2D eigenvalue weighted by atomic mass is 16.6. The van der Waals surface area contributed by atoms with Crippen molar-refractivity contribution in [3.8, 4) is 0 Å². The number of carbonyl (C=O) groups excluding carboxylic acids is 2. The van der Waals surface area contributed by atoms with Crippen molar-refractivity contribution >= 4 is 11.9 Å². The molecule has 1 unspecified atom stereocenters. The minimum atomic E-state index is -0.383. The first kappa shape index (κ1) is 13.0. The van der Waals surface area contributed by atoms with Crippen LogP contribution in [0, 0.1) is 0 Å². The topological polar surface area (TPSA) is 55.4 Å². The van der Waals surface area contributed by atoms with Crippen LogP contribution in [0.2, 0.25) is 0 Å². The monoisotopic (exact) mass is 227 g/mol. The summed E-state index contributed by atoms with van der Waals surface area (Å²) in [6.07, 6.45) is 2.96. The van der Waals surface area contributed by atoms with E-state index in [1.807, 2.05) is 20.8 Å². The molecule has 0 heterocycles. The first-order valence-corrected chi connectivity index (χ1v) is 5.87. The van der Waals surface area contributed by atoms with Crippen molar-refractivity contribution in [1.82, 2.24) is 5.32 Å². The second kappa shape index (κ2) is 5.32. The molecule has 4 heteroatoms. The average Bonchev–Trinajstić information content (AvgIpc) is 2.27. The Bertz CT molecular complexity index is 268. The SMILES string of the molecule is CC(C)(C)NC(=O)OC1CCCC(=O)CC1. The van der Waals surface area contributed by atoms with Crippen LogP contribution in [0.15, 0.2) is 0 Å². The van der Waals surface area contributed by atoms with Gasteiger partial charge in [-0.3, -0.25) is 4.79 Å². The van der Waals surface area contributed by atoms with Crippen LogP contribution in [0.5, 0.6) is 0 Å². The smallest absolute Gasteiger partial charge is 0.407 e. The molecule has 1 N–H and O–H groups in total. The number of hydrogen-bond donors (Lipinski definition) is 1. The van der Waals surface area contributed by atoms with Gasteiger partial charge in [0.2, 0.25) is 0 Å². The third-order valence-corrected chi connectivity index (χ3v) is 2.48. The number of carbonyl (C=O) groups is 2. The fraction of sp³-hybridized carbons (Fsp3) is 0.833. The molecule has 1 fully saturated rings. The Labute approximate surface area is 96.7 Å². The molecule has 4 nitrogen and oxygen atoms in total. The van der Waals surface area contributed by atoms with Crippen LogP contribution in [0.3, 0.4) is 0 Å². The maximum absolute atomic E-state index is 11.5. The van der Waals surface area contributed by atoms with Crippen molar-refractivity contribution in [3.05, 3.63) is 0 Å². The van der Waals surface area contributed by atoms with E-state index in [0.29, 0.717) is 19.3 Å². The molecule has 16 heavy (non-hydrogen) atoms. The molecule has 0 saturated heterocycles. The second-order valence-electron chi connectivity index (χ2n) is 5.37. The van der Waals surface area contributed by atoms with Gasteiger partial charge in [0.05, 0.1) is 0 Å². The van der Waals surface area contributed by atoms with E-state index in [4.69, 9.17) is 4.74 Å². The van der Waals surface area contributed by atoms with E-state index >= 15 is 0 Å². The van der Waals surface area contributed by atoms with Gasteiger partial charge in [-0.25, -0.2) is 4.79 Å². The molecular formula is C12H21NO3. The van der Waals surface area contributed by atoms with Gasteiger partial charge in [0.1, 0.15) is 11.9 Å². The standard InChI is InChI=1S/C12H21NO3/c1-12(2,3)13-11(15)16-10-6-4-5-9(14)7-8-10/h10H,4-8H2,1-3H3,(H,13,15). The molecule has 0 aliphatic heterocycles. The minimum Gasteiger partial charge on any atom is -0.446 e. The van der Waals surface area contributed by atoms with Gasteiger partial charge in [-0.2, -0.15) is 0 Å². The number of amides is 1. The zero-order valence-electron chi connectivity index (χ0n) is 10.3. The Morgan fingerprint density at radius 2 is 2.00 bits per heavy atom. The predicted molar refractivity (Wildman–Crippen MR) is 61.2 cm³/mol. The number of ether oxygens (including phenoxy) is 1. The third kappa shape index (κ3) is 5.14. The molecule has 1 atom stereocenters. The predicted octanol–water partition coefficient (Wildman–Crippen LogP) is 2.41. The summed E-state index contributed by atoms with van der Waals surface area (Å²) in [6, 6.07) is 0. The maximum Gasteiger partial charge on any atom is 0.407 e. The zero-order chi connectivity index (χ0) is 12.2. The molecule has 1 aliphatic carbocycles. The Hall–Kier alpha value is -1.06. The summed E-state index contributed by atoms with van der Waals surface area (Å²) in [5, 5.41) is 2.75. The van der Waals surface area contributed by atoms with Gasteiger partial charge in [0.25, 0.3) is 0 Å². The fourth-order valence-corrected chi connectivity index (χ4v) is 1.72. The number of rotatable bonds is 1. The van der Waals surface area contributed by atoms with Gasteiger partial charge in [-0.05, 0) is 40.0 Å². The molecule has 0 aromatic heterocycles. The maximum atomic E-state index is 11.5. The Kier molecular flexibility index (Phi) is 4.33. The first-order chi connectivity index (χ1) is 7.37. The van der Waals surface area contributed by atoms with Crippen LogP contribution < -0.4 is 5.32 Å². The van der Waals surface area contributed by atoms with Crippen molar-refractivity contribution < 1.29 is 14.3 Å². The molecule has 92 valence electrons. The molecule has 1 saturated carbocycles. The van der Waals surface area contributed by atoms with Crippen molar-refractivity contribution in [3.63, 3.8) is 0 Å². The summed E-state index contributed by atoms with van der Waals surface area (Å²) < 4.78 is 5.29. The normalized spacial score (nSPS) is 22.4. The van der Waals surface area contributed by atoms with E-state index in [1.54, 1.807) is 0 Å². The quantitative estimate of drug-likeness (QED) is 0.700. The van der Waals surface area contributed by atoms with Crippen LogP contribution in [0.1, 0.15) is 52.9 Å². The van der Waals surface area contributed by atoms with E-state index in [9.17, 15) is 9.59 Å². The molecule has 1 rings (SSSR count). The number of ketones is 1. The highest BCUT2D eigenvalue weighted by Gasteiger charge is 2.22. The van der Waals surface area contributed by atoms with Crippen LogP contribution in [-0.2, 0) is 9.53 Å². The number of Topliss-reactive ketones (excluding diaryl/α,β-unsaturated/α-hetero) is 1. The average molecular weight is 227 g/mol. The van der Waals surface area contributed by atoms with Crippen molar-refractivity contribution in [2.75, 3.05) is 0 Å². The van der Waals surface area contributed by atoms with E-state index in [-0.39, 0.29) is 23.5 Å². The van der Waals surface area contributed by atoms with Crippen molar-refractivity contribution in [2.45, 2.75) is 64.5 Å². The lowest BCUT2D eigenvalue weighted by molar-refractivity contribution is -0.119. The highest BCUT2D eigenvalue weighted by molar-refractivity contribution is 5.78. The lowest BCUT2D eigenvalue weighted by Gasteiger charge is -2.22.